The molecular weight excluding hydrogens is 260 g/mol. The normalized spacial score (nSPS) is 10.7. The molecule has 0 atom stereocenters. The molecule has 0 radical (unpaired) electrons. The molecule has 0 aliphatic carbocycles. The van der Waals surface area contributed by atoms with Crippen LogP contribution in [0.1, 0.15) is 11.1 Å². The van der Waals surface area contributed by atoms with E-state index in [9.17, 15) is 8.42 Å². The Kier molecular flexibility index (Phi) is 3.54. The van der Waals surface area contributed by atoms with Gasteiger partial charge in [-0.1, -0.05) is 24.3 Å². The first kappa shape index (κ1) is 13.1. The van der Waals surface area contributed by atoms with E-state index in [2.05, 4.69) is 4.72 Å². The predicted molar refractivity (Wildman–Crippen MR) is 73.1 cm³/mol. The second kappa shape index (κ2) is 5.12. The van der Waals surface area contributed by atoms with Gasteiger partial charge in [-0.05, 0) is 36.8 Å². The fraction of sp³-hybridized carbons (Fsp3) is 0.0714. The molecule has 2 rings (SSSR count). The first-order chi connectivity index (χ1) is 9.03. The number of sulfonamides is 1. The highest BCUT2D eigenvalue weighted by Gasteiger charge is 2.16. The van der Waals surface area contributed by atoms with Crippen LogP contribution in [0.4, 0.5) is 5.69 Å². The molecule has 1 N–H and O–H groups in total. The molecule has 2 aromatic rings. The summed E-state index contributed by atoms with van der Waals surface area (Å²) in [5, 5.41) is 8.79. The lowest BCUT2D eigenvalue weighted by atomic mass is 10.2. The fourth-order valence-electron chi connectivity index (χ4n) is 1.72. The second-order valence-electron chi connectivity index (χ2n) is 4.06. The zero-order valence-electron chi connectivity index (χ0n) is 10.3. The predicted octanol–water partition coefficient (Wildman–Crippen LogP) is 2.67. The Labute approximate surface area is 112 Å². The molecular formula is C14H12N2O2S. The summed E-state index contributed by atoms with van der Waals surface area (Å²) < 4.78 is 26.9. The van der Waals surface area contributed by atoms with Crippen molar-refractivity contribution in [3.05, 3.63) is 59.7 Å². The van der Waals surface area contributed by atoms with Crippen LogP contribution in [0.2, 0.25) is 0 Å². The van der Waals surface area contributed by atoms with Gasteiger partial charge in [0.1, 0.15) is 0 Å². The van der Waals surface area contributed by atoms with Gasteiger partial charge in [-0.25, -0.2) is 8.42 Å². The van der Waals surface area contributed by atoms with Gasteiger partial charge < -0.3 is 0 Å². The minimum Gasteiger partial charge on any atom is -0.280 e. The number of nitrogens with one attached hydrogen (secondary N) is 1. The average Bonchev–Trinajstić information content (AvgIpc) is 2.38. The first-order valence-electron chi connectivity index (χ1n) is 5.61. The van der Waals surface area contributed by atoms with Crippen LogP contribution in [0.25, 0.3) is 0 Å². The summed E-state index contributed by atoms with van der Waals surface area (Å²) in [6, 6.07) is 15.1. The van der Waals surface area contributed by atoms with Gasteiger partial charge in [0.2, 0.25) is 0 Å². The molecule has 0 saturated carbocycles. The van der Waals surface area contributed by atoms with Gasteiger partial charge in [0, 0.05) is 0 Å². The van der Waals surface area contributed by atoms with Gasteiger partial charge >= 0.3 is 0 Å². The quantitative estimate of drug-likeness (QED) is 0.933. The lowest BCUT2D eigenvalue weighted by molar-refractivity contribution is 0.600. The summed E-state index contributed by atoms with van der Waals surface area (Å²) in [6.07, 6.45) is 0. The van der Waals surface area contributed by atoms with E-state index in [1.54, 1.807) is 49.4 Å². The van der Waals surface area contributed by atoms with E-state index in [0.717, 1.165) is 0 Å². The molecule has 0 amide bonds. The highest BCUT2D eigenvalue weighted by atomic mass is 32.2. The van der Waals surface area contributed by atoms with Gasteiger partial charge in [-0.15, -0.1) is 0 Å². The molecule has 19 heavy (non-hydrogen) atoms. The Morgan fingerprint density at radius 1 is 1.11 bits per heavy atom. The lowest BCUT2D eigenvalue weighted by Gasteiger charge is -2.10. The third kappa shape index (κ3) is 2.92. The first-order valence-corrected chi connectivity index (χ1v) is 7.10. The summed E-state index contributed by atoms with van der Waals surface area (Å²) in [7, 11) is -3.63. The lowest BCUT2D eigenvalue weighted by Crippen LogP contribution is -2.14. The minimum atomic E-state index is -3.63. The van der Waals surface area contributed by atoms with E-state index in [-0.39, 0.29) is 4.90 Å². The van der Waals surface area contributed by atoms with Gasteiger partial charge in [-0.3, -0.25) is 4.72 Å². The third-order valence-corrected chi connectivity index (χ3v) is 4.17. The van der Waals surface area contributed by atoms with Crippen LogP contribution in [0.3, 0.4) is 0 Å². The van der Waals surface area contributed by atoms with Crippen LogP contribution >= 0.6 is 0 Å². The van der Waals surface area contributed by atoms with Crippen LogP contribution in [0, 0.1) is 18.3 Å². The largest absolute Gasteiger partial charge is 0.280 e. The Morgan fingerprint density at radius 3 is 2.53 bits per heavy atom. The number of nitrogens with zero attached hydrogens (tertiary/aromatic N) is 1. The number of nitriles is 1. The van der Waals surface area contributed by atoms with Crippen molar-refractivity contribution in [1.29, 1.82) is 5.26 Å². The van der Waals surface area contributed by atoms with Gasteiger partial charge in [0.25, 0.3) is 10.0 Å². The van der Waals surface area contributed by atoms with E-state index in [0.29, 0.717) is 16.8 Å². The van der Waals surface area contributed by atoms with E-state index in [4.69, 9.17) is 5.26 Å². The minimum absolute atomic E-state index is 0.234. The highest BCUT2D eigenvalue weighted by Crippen LogP contribution is 2.19. The van der Waals surface area contributed by atoms with E-state index < -0.39 is 10.0 Å². The summed E-state index contributed by atoms with van der Waals surface area (Å²) in [5.74, 6) is 0. The average molecular weight is 272 g/mol. The zero-order chi connectivity index (χ0) is 13.9. The number of aryl methyl sites for hydroxylation is 1. The van der Waals surface area contributed by atoms with Crippen LogP contribution < -0.4 is 4.72 Å². The highest BCUT2D eigenvalue weighted by molar-refractivity contribution is 7.92. The molecule has 0 aromatic heterocycles. The number of anilines is 1. The van der Waals surface area contributed by atoms with Gasteiger partial charge in [-0.2, -0.15) is 5.26 Å². The van der Waals surface area contributed by atoms with Crippen LogP contribution in [0.5, 0.6) is 0 Å². The molecule has 0 aliphatic rings. The maximum Gasteiger partial charge on any atom is 0.262 e. The van der Waals surface area contributed by atoms with Crippen molar-refractivity contribution in [2.24, 2.45) is 0 Å². The van der Waals surface area contributed by atoms with Crippen molar-refractivity contribution < 1.29 is 8.42 Å². The molecule has 0 spiro atoms. The van der Waals surface area contributed by atoms with E-state index in [1.807, 2.05) is 6.07 Å². The Hall–Kier alpha value is -2.32. The third-order valence-electron chi connectivity index (χ3n) is 2.63. The Bertz CT molecular complexity index is 746. The monoisotopic (exact) mass is 272 g/mol. The zero-order valence-corrected chi connectivity index (χ0v) is 11.1. The smallest absolute Gasteiger partial charge is 0.262 e. The van der Waals surface area contributed by atoms with Crippen molar-refractivity contribution in [3.63, 3.8) is 0 Å². The second-order valence-corrected chi connectivity index (χ2v) is 5.71. The number of hydrogen-bond acceptors (Lipinski definition) is 3. The van der Waals surface area contributed by atoms with Gasteiger partial charge in [0.05, 0.1) is 22.2 Å². The van der Waals surface area contributed by atoms with Crippen molar-refractivity contribution in [3.8, 4) is 6.07 Å². The summed E-state index contributed by atoms with van der Waals surface area (Å²) in [6.45, 7) is 1.74. The Balaban J connectivity index is 2.37. The van der Waals surface area contributed by atoms with Crippen LogP contribution in [-0.2, 0) is 10.0 Å². The molecule has 0 aliphatic heterocycles. The number of hydrogen-bond donors (Lipinski definition) is 1. The Morgan fingerprint density at radius 2 is 1.84 bits per heavy atom. The van der Waals surface area contributed by atoms with Crippen LogP contribution in [-0.4, -0.2) is 8.42 Å². The van der Waals surface area contributed by atoms with Crippen molar-refractivity contribution in [2.45, 2.75) is 11.8 Å². The summed E-state index contributed by atoms with van der Waals surface area (Å²) in [4.78, 5) is 0.234. The molecule has 2 aromatic carbocycles. The molecule has 0 unspecified atom stereocenters. The molecule has 0 bridgehead atoms. The standard InChI is InChI=1S/C14H12N2O2S/c1-11-5-2-3-8-14(11)19(17,18)16-13-7-4-6-12(9-13)10-15/h2-9,16H,1H3. The van der Waals surface area contributed by atoms with Crippen molar-refractivity contribution in [1.82, 2.24) is 0 Å². The van der Waals surface area contributed by atoms with Crippen LogP contribution in [0.15, 0.2) is 53.4 Å². The SMILES string of the molecule is Cc1ccccc1S(=O)(=O)Nc1cccc(C#N)c1. The maximum absolute atomic E-state index is 12.2. The number of benzene rings is 2. The molecule has 0 saturated heterocycles. The summed E-state index contributed by atoms with van der Waals surface area (Å²) >= 11 is 0. The fourth-order valence-corrected chi connectivity index (χ4v) is 3.02. The molecule has 96 valence electrons. The molecule has 0 fully saturated rings. The molecule has 5 heteroatoms. The molecule has 0 heterocycles. The molecule has 4 nitrogen and oxygen atoms in total. The van der Waals surface area contributed by atoms with Gasteiger partial charge in [0.15, 0.2) is 0 Å². The van der Waals surface area contributed by atoms with E-state index in [1.165, 1.54) is 6.07 Å². The van der Waals surface area contributed by atoms with Crippen molar-refractivity contribution in [2.75, 3.05) is 4.72 Å². The topological polar surface area (TPSA) is 70.0 Å². The maximum atomic E-state index is 12.2. The van der Waals surface area contributed by atoms with Crippen molar-refractivity contribution >= 4 is 15.7 Å². The van der Waals surface area contributed by atoms with E-state index >= 15 is 0 Å². The number of rotatable bonds is 3. The summed E-state index contributed by atoms with van der Waals surface area (Å²) in [5.41, 5.74) is 1.46.